The minimum absolute atomic E-state index is 0.316. The summed E-state index contributed by atoms with van der Waals surface area (Å²) in [6, 6.07) is 1.77. The number of nitrogens with zero attached hydrogens (tertiary/aromatic N) is 1. The van der Waals surface area contributed by atoms with E-state index in [-0.39, 0.29) is 0 Å². The van der Waals surface area contributed by atoms with Crippen LogP contribution in [0.25, 0.3) is 0 Å². The van der Waals surface area contributed by atoms with Crippen LogP contribution in [0.1, 0.15) is 20.8 Å². The van der Waals surface area contributed by atoms with Crippen LogP contribution in [0.5, 0.6) is 5.75 Å². The lowest BCUT2D eigenvalue weighted by Gasteiger charge is -2.39. The number of aromatic nitrogens is 1. The van der Waals surface area contributed by atoms with Gasteiger partial charge in [0, 0.05) is 32.7 Å². The van der Waals surface area contributed by atoms with Gasteiger partial charge in [-0.1, -0.05) is 0 Å². The topological polar surface area (TPSA) is 101 Å². The molecule has 0 radical (unpaired) electrons. The van der Waals surface area contributed by atoms with Crippen LogP contribution in [-0.2, 0) is 28.6 Å². The van der Waals surface area contributed by atoms with E-state index in [0.29, 0.717) is 11.5 Å². The largest absolute Gasteiger partial charge is 0.473 e. The van der Waals surface area contributed by atoms with Crippen molar-refractivity contribution in [3.8, 4) is 5.75 Å². The lowest BCUT2D eigenvalue weighted by Crippen LogP contribution is -2.55. The second-order valence-corrected chi connectivity index (χ2v) is 7.72. The number of ether oxygens (including phenoxy) is 4. The monoisotopic (exact) mass is 495 g/mol. The molecule has 26 heavy (non-hydrogen) atoms. The van der Waals surface area contributed by atoms with Crippen LogP contribution in [-0.4, -0.2) is 52.4 Å². The van der Waals surface area contributed by atoms with Crippen LogP contribution in [0.4, 0.5) is 0 Å². The molecule has 0 saturated carbocycles. The van der Waals surface area contributed by atoms with E-state index in [1.165, 1.54) is 32.5 Å². The van der Waals surface area contributed by atoms with Crippen molar-refractivity contribution in [3.63, 3.8) is 0 Å². The Morgan fingerprint density at radius 3 is 2.27 bits per heavy atom. The normalized spacial score (nSPS) is 25.1. The van der Waals surface area contributed by atoms with E-state index in [9.17, 15) is 14.4 Å². The molecule has 0 unspecified atom stereocenters. The summed E-state index contributed by atoms with van der Waals surface area (Å²) in [5.41, 5.74) is -0.659. The summed E-state index contributed by atoms with van der Waals surface area (Å²) in [6.45, 7) is 3.74. The molecule has 1 fully saturated rings. The number of hydrogen-bond donors (Lipinski definition) is 0. The summed E-state index contributed by atoms with van der Waals surface area (Å²) in [6.07, 6.45) is 0.506. The minimum atomic E-state index is -0.971. The van der Waals surface area contributed by atoms with Gasteiger partial charge >= 0.3 is 17.9 Å². The van der Waals surface area contributed by atoms with E-state index < -0.39 is 41.7 Å². The van der Waals surface area contributed by atoms with Gasteiger partial charge in [-0.2, -0.15) is 0 Å². The molecule has 0 bridgehead atoms. The van der Waals surface area contributed by atoms with Crippen molar-refractivity contribution in [2.75, 3.05) is 5.75 Å². The molecule has 0 amide bonds. The van der Waals surface area contributed by atoms with Gasteiger partial charge in [0.15, 0.2) is 29.5 Å². The molecule has 0 spiro atoms. The summed E-state index contributed by atoms with van der Waals surface area (Å²) in [5.74, 6) is -0.834. The lowest BCUT2D eigenvalue weighted by atomic mass is 10.1. The average Bonchev–Trinajstić information content (AvgIpc) is 2.53. The molecular formula is C16H18INO7S. The van der Waals surface area contributed by atoms with Crippen LogP contribution in [0.2, 0.25) is 0 Å². The fourth-order valence-electron chi connectivity index (χ4n) is 2.38. The maximum atomic E-state index is 11.6. The zero-order valence-electron chi connectivity index (χ0n) is 14.3. The third-order valence-electron chi connectivity index (χ3n) is 3.28. The van der Waals surface area contributed by atoms with Gasteiger partial charge in [0.2, 0.25) is 0 Å². The van der Waals surface area contributed by atoms with Gasteiger partial charge < -0.3 is 18.9 Å². The standard InChI is InChI=1S/C16H18INO7S/c1-8(19)22-13-7-26-16(25-12-6-18-5-4-11(12)17)15(24-10(3)21)14(13)23-9(2)20/h4-6,13-16H,7H2,1-3H3/t13-,14+,15-,16+/m1/s1. The predicted octanol–water partition coefficient (Wildman–Crippen LogP) is 1.93. The second-order valence-electron chi connectivity index (χ2n) is 5.42. The maximum absolute atomic E-state index is 11.6. The van der Waals surface area contributed by atoms with Crippen molar-refractivity contribution < 1.29 is 33.3 Å². The molecule has 4 atom stereocenters. The summed E-state index contributed by atoms with van der Waals surface area (Å²) >= 11 is 3.40. The number of hydrogen-bond acceptors (Lipinski definition) is 9. The molecule has 1 saturated heterocycles. The van der Waals surface area contributed by atoms with Crippen molar-refractivity contribution >= 4 is 52.3 Å². The molecule has 1 aliphatic rings. The smallest absolute Gasteiger partial charge is 0.303 e. The summed E-state index contributed by atoms with van der Waals surface area (Å²) in [4.78, 5) is 38.5. The Morgan fingerprint density at radius 2 is 1.69 bits per heavy atom. The Labute approximate surface area is 168 Å². The van der Waals surface area contributed by atoms with Crippen molar-refractivity contribution in [1.29, 1.82) is 0 Å². The molecule has 10 heteroatoms. The average molecular weight is 495 g/mol. The molecule has 0 aromatic carbocycles. The van der Waals surface area contributed by atoms with E-state index in [4.69, 9.17) is 18.9 Å². The zero-order valence-corrected chi connectivity index (χ0v) is 17.3. The predicted molar refractivity (Wildman–Crippen MR) is 100 cm³/mol. The summed E-state index contributed by atoms with van der Waals surface area (Å²) < 4.78 is 22.7. The first kappa shape index (κ1) is 20.7. The molecule has 1 aromatic heterocycles. The van der Waals surface area contributed by atoms with Crippen LogP contribution in [0.15, 0.2) is 18.5 Å². The first-order valence-corrected chi connectivity index (χ1v) is 9.80. The maximum Gasteiger partial charge on any atom is 0.303 e. The Hall–Kier alpha value is -1.56. The highest BCUT2D eigenvalue weighted by Gasteiger charge is 2.47. The SMILES string of the molecule is CC(=O)O[C@@H]1[C@@H](OC(C)=O)[C@@H](Oc2cnccc2I)SC[C@H]1OC(C)=O. The van der Waals surface area contributed by atoms with Crippen LogP contribution >= 0.6 is 34.4 Å². The lowest BCUT2D eigenvalue weighted by molar-refractivity contribution is -0.186. The summed E-state index contributed by atoms with van der Waals surface area (Å²) in [5, 5.41) is 0. The van der Waals surface area contributed by atoms with Gasteiger partial charge in [-0.3, -0.25) is 19.4 Å². The van der Waals surface area contributed by atoms with Gasteiger partial charge in [0.05, 0.1) is 9.77 Å². The van der Waals surface area contributed by atoms with Crippen molar-refractivity contribution in [3.05, 3.63) is 22.0 Å². The van der Waals surface area contributed by atoms with Crippen LogP contribution < -0.4 is 4.74 Å². The molecule has 8 nitrogen and oxygen atoms in total. The molecular weight excluding hydrogens is 477 g/mol. The first-order chi connectivity index (χ1) is 12.3. The molecule has 1 aromatic rings. The highest BCUT2D eigenvalue weighted by molar-refractivity contribution is 14.1. The van der Waals surface area contributed by atoms with E-state index in [0.717, 1.165) is 3.57 Å². The first-order valence-electron chi connectivity index (χ1n) is 7.67. The van der Waals surface area contributed by atoms with Gasteiger partial charge in [-0.15, -0.1) is 11.8 Å². The van der Waals surface area contributed by atoms with Crippen molar-refractivity contribution in [2.24, 2.45) is 0 Å². The number of rotatable bonds is 5. The number of esters is 3. The van der Waals surface area contributed by atoms with E-state index >= 15 is 0 Å². The molecule has 142 valence electrons. The van der Waals surface area contributed by atoms with Crippen LogP contribution in [0.3, 0.4) is 0 Å². The zero-order chi connectivity index (χ0) is 19.3. The van der Waals surface area contributed by atoms with E-state index in [1.807, 2.05) is 0 Å². The molecule has 2 heterocycles. The number of thioether (sulfide) groups is 1. The Bertz CT molecular complexity index is 686. The number of halogens is 1. The second kappa shape index (κ2) is 9.40. The van der Waals surface area contributed by atoms with Crippen LogP contribution in [0, 0.1) is 3.57 Å². The fraction of sp³-hybridized carbons (Fsp3) is 0.500. The Morgan fingerprint density at radius 1 is 1.08 bits per heavy atom. The van der Waals surface area contributed by atoms with E-state index in [2.05, 4.69) is 27.6 Å². The Kier molecular flexibility index (Phi) is 7.50. The number of pyridine rings is 1. The van der Waals surface area contributed by atoms with Gasteiger partial charge in [-0.05, 0) is 28.7 Å². The highest BCUT2D eigenvalue weighted by Crippen LogP contribution is 2.35. The fourth-order valence-corrected chi connectivity index (χ4v) is 4.02. The Balaban J connectivity index is 2.29. The third kappa shape index (κ3) is 5.73. The number of carbonyl (C=O) groups is 3. The highest BCUT2D eigenvalue weighted by atomic mass is 127. The molecule has 1 aliphatic heterocycles. The van der Waals surface area contributed by atoms with Gasteiger partial charge in [-0.25, -0.2) is 0 Å². The van der Waals surface area contributed by atoms with Crippen molar-refractivity contribution in [1.82, 2.24) is 4.98 Å². The quantitative estimate of drug-likeness (QED) is 0.345. The molecule has 0 N–H and O–H groups in total. The van der Waals surface area contributed by atoms with Crippen molar-refractivity contribution in [2.45, 2.75) is 44.5 Å². The summed E-state index contributed by atoms with van der Waals surface area (Å²) in [7, 11) is 0. The minimum Gasteiger partial charge on any atom is -0.473 e. The van der Waals surface area contributed by atoms with Gasteiger partial charge in [0.1, 0.15) is 0 Å². The van der Waals surface area contributed by atoms with E-state index in [1.54, 1.807) is 18.5 Å². The molecule has 2 rings (SSSR count). The third-order valence-corrected chi connectivity index (χ3v) is 5.39. The van der Waals surface area contributed by atoms with Gasteiger partial charge in [0.25, 0.3) is 0 Å². The number of carbonyl (C=O) groups excluding carboxylic acids is 3. The molecule has 0 aliphatic carbocycles.